The molecule has 2 aliphatic rings. The van der Waals surface area contributed by atoms with Crippen LogP contribution in [0.1, 0.15) is 72.1 Å². The van der Waals surface area contributed by atoms with E-state index in [-0.39, 0.29) is 5.92 Å². The van der Waals surface area contributed by atoms with Gasteiger partial charge in [-0.1, -0.05) is 33.1 Å². The van der Waals surface area contributed by atoms with Crippen molar-refractivity contribution in [3.05, 3.63) is 0 Å². The fraction of sp³-hybridized carbons (Fsp3) is 0.947. The minimum atomic E-state index is -1.12. The van der Waals surface area contributed by atoms with E-state index in [4.69, 9.17) is 10.0 Å². The Morgan fingerprint density at radius 3 is 2.19 bits per heavy atom. The molecule has 4 atom stereocenters. The van der Waals surface area contributed by atoms with Crippen molar-refractivity contribution < 1.29 is 19.9 Å². The Morgan fingerprint density at radius 2 is 1.69 bits per heavy atom. The van der Waals surface area contributed by atoms with Gasteiger partial charge in [0.15, 0.2) is 0 Å². The quantitative estimate of drug-likeness (QED) is 0.534. The summed E-state index contributed by atoms with van der Waals surface area (Å²) in [6.45, 7) is 7.28. The number of aliphatic carboxylic acids is 1. The third-order valence-electron chi connectivity index (χ3n) is 5.61. The molecule has 1 aliphatic heterocycles. The van der Waals surface area contributed by atoms with E-state index in [1.165, 1.54) is 39.2 Å². The van der Waals surface area contributed by atoms with E-state index in [1.54, 1.807) is 6.92 Å². The number of nitrogens with two attached hydrogens (primary N) is 1. The molecule has 2 unspecified atom stereocenters. The minimum Gasteiger partial charge on any atom is -0.481 e. The minimum absolute atomic E-state index is 0.0937. The maximum absolute atomic E-state index is 11.4. The van der Waals surface area contributed by atoms with Crippen molar-refractivity contribution in [2.75, 3.05) is 13.6 Å². The van der Waals surface area contributed by atoms with Gasteiger partial charge in [0.05, 0.1) is 5.92 Å². The molecule has 154 valence electrons. The summed E-state index contributed by atoms with van der Waals surface area (Å²) in [7, 11) is 0.384. The second-order valence-corrected chi connectivity index (χ2v) is 7.44. The molecule has 1 saturated carbocycles. The molecule has 0 radical (unpaired) electrons. The van der Waals surface area contributed by atoms with E-state index in [9.17, 15) is 9.90 Å². The van der Waals surface area contributed by atoms with E-state index < -0.39 is 13.1 Å². The lowest BCUT2D eigenvalue weighted by molar-refractivity contribution is -0.145. The number of rotatable bonds is 6. The van der Waals surface area contributed by atoms with Gasteiger partial charge in [-0.15, -0.1) is 0 Å². The lowest BCUT2D eigenvalue weighted by Crippen LogP contribution is -2.42. The summed E-state index contributed by atoms with van der Waals surface area (Å²) in [5.74, 6) is -0.279. The molecular formula is C19H41BN2O4. The van der Waals surface area contributed by atoms with Gasteiger partial charge in [-0.2, -0.15) is 0 Å². The van der Waals surface area contributed by atoms with Crippen molar-refractivity contribution in [2.45, 2.75) is 90.5 Å². The van der Waals surface area contributed by atoms with Gasteiger partial charge in [0.1, 0.15) is 0 Å². The number of nitrogens with zero attached hydrogens (tertiary/aromatic N) is 1. The van der Waals surface area contributed by atoms with Crippen LogP contribution in [0.2, 0.25) is 6.32 Å². The second-order valence-electron chi connectivity index (χ2n) is 7.44. The molecule has 0 spiro atoms. The first-order valence-electron chi connectivity index (χ1n) is 10.3. The van der Waals surface area contributed by atoms with Crippen LogP contribution in [0, 0.1) is 11.8 Å². The zero-order valence-corrected chi connectivity index (χ0v) is 17.2. The van der Waals surface area contributed by atoms with Crippen molar-refractivity contribution >= 4 is 13.1 Å². The molecule has 1 heterocycles. The van der Waals surface area contributed by atoms with Crippen LogP contribution in [0.5, 0.6) is 0 Å². The van der Waals surface area contributed by atoms with E-state index in [2.05, 4.69) is 24.5 Å². The SMILES string of the molecule is CCB(O)O.CCCC1CCC(C)N1C[C@@H]1CCCC[C@@H]1C(=O)O.CN. The highest BCUT2D eigenvalue weighted by Gasteiger charge is 2.36. The van der Waals surface area contributed by atoms with Crippen molar-refractivity contribution in [1.82, 2.24) is 4.90 Å². The number of hydrogen-bond acceptors (Lipinski definition) is 5. The number of likely N-dealkylation sites (tertiary alicyclic amines) is 1. The lowest BCUT2D eigenvalue weighted by Gasteiger charge is -2.36. The molecule has 5 N–H and O–H groups in total. The van der Waals surface area contributed by atoms with Crippen molar-refractivity contribution in [3.63, 3.8) is 0 Å². The Hall–Kier alpha value is -0.625. The average molecular weight is 372 g/mol. The summed E-state index contributed by atoms with van der Waals surface area (Å²) in [5.41, 5.74) is 4.50. The predicted molar refractivity (Wildman–Crippen MR) is 108 cm³/mol. The molecular weight excluding hydrogens is 331 g/mol. The van der Waals surface area contributed by atoms with Crippen molar-refractivity contribution in [2.24, 2.45) is 17.6 Å². The third kappa shape index (κ3) is 8.84. The van der Waals surface area contributed by atoms with Crippen LogP contribution in [0.3, 0.4) is 0 Å². The fourth-order valence-corrected chi connectivity index (χ4v) is 4.12. The Bertz CT molecular complexity index is 369. The first-order valence-corrected chi connectivity index (χ1v) is 10.3. The first kappa shape index (κ1) is 25.4. The highest BCUT2D eigenvalue weighted by atomic mass is 16.4. The van der Waals surface area contributed by atoms with Crippen LogP contribution in [-0.2, 0) is 4.79 Å². The van der Waals surface area contributed by atoms with Gasteiger partial charge in [-0.3, -0.25) is 9.69 Å². The van der Waals surface area contributed by atoms with Crippen LogP contribution >= 0.6 is 0 Å². The number of carboxylic acid groups (broad SMARTS) is 1. The maximum atomic E-state index is 11.4. The van der Waals surface area contributed by atoms with Gasteiger partial charge >= 0.3 is 13.1 Å². The maximum Gasteiger partial charge on any atom is 0.451 e. The highest BCUT2D eigenvalue weighted by Crippen LogP contribution is 2.35. The average Bonchev–Trinajstić information content (AvgIpc) is 2.98. The van der Waals surface area contributed by atoms with Crippen molar-refractivity contribution in [3.8, 4) is 0 Å². The van der Waals surface area contributed by atoms with Crippen molar-refractivity contribution in [1.29, 1.82) is 0 Å². The Labute approximate surface area is 160 Å². The van der Waals surface area contributed by atoms with Gasteiger partial charge in [0, 0.05) is 18.6 Å². The van der Waals surface area contributed by atoms with Crippen LogP contribution in [-0.4, -0.2) is 58.8 Å². The summed E-state index contributed by atoms with van der Waals surface area (Å²) in [4.78, 5) is 14.0. The molecule has 1 aliphatic carbocycles. The molecule has 2 fully saturated rings. The van der Waals surface area contributed by atoms with Gasteiger partial charge in [-0.25, -0.2) is 0 Å². The monoisotopic (exact) mass is 372 g/mol. The van der Waals surface area contributed by atoms with Gasteiger partial charge in [0.25, 0.3) is 0 Å². The molecule has 26 heavy (non-hydrogen) atoms. The third-order valence-corrected chi connectivity index (χ3v) is 5.61. The van der Waals surface area contributed by atoms with E-state index in [0.717, 1.165) is 25.8 Å². The van der Waals surface area contributed by atoms with Gasteiger partial charge < -0.3 is 20.9 Å². The number of hydrogen-bond donors (Lipinski definition) is 4. The zero-order chi connectivity index (χ0) is 20.1. The molecule has 0 aromatic rings. The van der Waals surface area contributed by atoms with Crippen LogP contribution in [0.25, 0.3) is 0 Å². The molecule has 0 bridgehead atoms. The highest BCUT2D eigenvalue weighted by molar-refractivity contribution is 6.40. The summed E-state index contributed by atoms with van der Waals surface area (Å²) in [6.07, 6.45) is 9.83. The molecule has 7 heteroatoms. The van der Waals surface area contributed by atoms with E-state index in [0.29, 0.717) is 24.3 Å². The van der Waals surface area contributed by atoms with E-state index >= 15 is 0 Å². The largest absolute Gasteiger partial charge is 0.481 e. The smallest absolute Gasteiger partial charge is 0.451 e. The molecule has 0 amide bonds. The summed E-state index contributed by atoms with van der Waals surface area (Å²) in [6, 6.07) is 1.35. The Morgan fingerprint density at radius 1 is 1.12 bits per heavy atom. The van der Waals surface area contributed by atoms with Crippen LogP contribution < -0.4 is 5.73 Å². The normalized spacial score (nSPS) is 28.4. The summed E-state index contributed by atoms with van der Waals surface area (Å²) in [5, 5.41) is 25.2. The molecule has 1 saturated heterocycles. The Balaban J connectivity index is 0.000000772. The second kappa shape index (κ2) is 14.4. The van der Waals surface area contributed by atoms with Gasteiger partial charge in [0.2, 0.25) is 0 Å². The van der Waals surface area contributed by atoms with Crippen LogP contribution in [0.4, 0.5) is 0 Å². The topological polar surface area (TPSA) is 107 Å². The van der Waals surface area contributed by atoms with Gasteiger partial charge in [-0.05, 0) is 58.3 Å². The number of carboxylic acids is 1. The first-order chi connectivity index (χ1) is 12.4. The van der Waals surface area contributed by atoms with E-state index in [1.807, 2.05) is 0 Å². The summed E-state index contributed by atoms with van der Waals surface area (Å²) < 4.78 is 0. The molecule has 2 rings (SSSR count). The molecule has 0 aromatic carbocycles. The summed E-state index contributed by atoms with van der Waals surface area (Å²) >= 11 is 0. The van der Waals surface area contributed by atoms with Crippen LogP contribution in [0.15, 0.2) is 0 Å². The lowest BCUT2D eigenvalue weighted by atomic mass is 9.78. The molecule has 6 nitrogen and oxygen atoms in total. The number of carbonyl (C=O) groups is 1. The molecule has 0 aromatic heterocycles. The fourth-order valence-electron chi connectivity index (χ4n) is 4.12. The zero-order valence-electron chi connectivity index (χ0n) is 17.2. The predicted octanol–water partition coefficient (Wildman–Crippen LogP) is 2.58. The Kier molecular flexibility index (Phi) is 14.1. The standard InChI is InChI=1S/C16H29NO2.C2H7BO2.CH5N/c1-3-6-14-10-9-12(2)17(14)11-13-7-4-5-8-15(13)16(18)19;1-2-3(4)5;1-2/h12-15H,3-11H2,1-2H3,(H,18,19);4-5H,2H2,1H3;2H2,1H3/t12?,13-,14?,15-;;/m0../s1.